The number of carboxylic acids is 1. The maximum atomic E-state index is 12.6. The molecular formula is C34H38N2O10. The number of carbonyl (C=O) groups is 2. The maximum Gasteiger partial charge on any atom is 0.364 e. The molecule has 1 aliphatic rings. The second-order valence-corrected chi connectivity index (χ2v) is 11.0. The molecule has 1 heterocycles. The molecule has 8 N–H and O–H groups in total. The number of nitrogens with one attached hydrogen (secondary N) is 1. The van der Waals surface area contributed by atoms with Crippen molar-refractivity contribution < 1.29 is 49.3 Å². The predicted molar refractivity (Wildman–Crippen MR) is 166 cm³/mol. The number of amides is 1. The molecule has 12 heteroatoms. The topological polar surface area (TPSA) is 201 Å². The number of hydrogen-bond donors (Lipinski definition) is 7. The van der Waals surface area contributed by atoms with Crippen molar-refractivity contribution in [3.05, 3.63) is 83.9 Å². The first-order valence-corrected chi connectivity index (χ1v) is 14.7. The molecule has 1 fully saturated rings. The Bertz CT molecular complexity index is 1490. The molecule has 4 rings (SSSR count). The van der Waals surface area contributed by atoms with Crippen molar-refractivity contribution in [2.45, 2.75) is 62.1 Å². The molecule has 0 saturated carbocycles. The van der Waals surface area contributed by atoms with Gasteiger partial charge in [0, 0.05) is 19.4 Å². The third-order valence-electron chi connectivity index (χ3n) is 7.62. The fourth-order valence-electron chi connectivity index (χ4n) is 4.95. The van der Waals surface area contributed by atoms with Crippen molar-refractivity contribution in [1.82, 2.24) is 5.32 Å². The summed E-state index contributed by atoms with van der Waals surface area (Å²) in [6, 6.07) is 19.3. The zero-order valence-electron chi connectivity index (χ0n) is 25.0. The first kappa shape index (κ1) is 34.4. The molecule has 0 aromatic heterocycles. The number of nitrogens with two attached hydrogens (primary N) is 1. The number of benzene rings is 3. The van der Waals surface area contributed by atoms with Crippen LogP contribution in [0.2, 0.25) is 0 Å². The molecule has 0 unspecified atom stereocenters. The molecule has 3 aromatic rings. The van der Waals surface area contributed by atoms with Gasteiger partial charge in [-0.2, -0.15) is 0 Å². The molecular weight excluding hydrogens is 596 g/mol. The van der Waals surface area contributed by atoms with Crippen LogP contribution < -0.4 is 15.8 Å². The summed E-state index contributed by atoms with van der Waals surface area (Å²) in [5.41, 5.74) is 9.13. The maximum absolute atomic E-state index is 12.6. The molecule has 1 aliphatic heterocycles. The number of rotatable bonds is 14. The summed E-state index contributed by atoms with van der Waals surface area (Å²) < 4.78 is 16.8. The summed E-state index contributed by atoms with van der Waals surface area (Å²) in [7, 11) is 0. The molecule has 3 aromatic carbocycles. The van der Waals surface area contributed by atoms with Gasteiger partial charge in [-0.25, -0.2) is 4.79 Å². The SMILES string of the molecule is C#CCCOc1ccc(CO[C@]2(C(=O)O)C[C@H](O)[C@@H](N)[C@H]([C@H](O)[C@H](O)CNC(=O)Cc3ccc(-c4ccc(O)cc4)cc3)O2)cc1. The normalized spacial score (nSPS) is 22.3. The second-order valence-electron chi connectivity index (χ2n) is 11.0. The van der Waals surface area contributed by atoms with E-state index in [0.717, 1.165) is 11.1 Å². The van der Waals surface area contributed by atoms with Crippen LogP contribution in [-0.4, -0.2) is 86.8 Å². The first-order valence-electron chi connectivity index (χ1n) is 14.7. The van der Waals surface area contributed by atoms with Gasteiger partial charge < -0.3 is 50.8 Å². The number of carbonyl (C=O) groups excluding carboxylic acids is 1. The van der Waals surface area contributed by atoms with Crippen molar-refractivity contribution >= 4 is 11.9 Å². The van der Waals surface area contributed by atoms with Gasteiger partial charge in [0.2, 0.25) is 5.91 Å². The second kappa shape index (κ2) is 15.7. The van der Waals surface area contributed by atoms with Gasteiger partial charge in [-0.1, -0.05) is 48.5 Å². The molecule has 0 bridgehead atoms. The quantitative estimate of drug-likeness (QED) is 0.0996. The van der Waals surface area contributed by atoms with E-state index in [1.807, 2.05) is 12.1 Å². The number of aliphatic hydroxyl groups excluding tert-OH is 3. The monoisotopic (exact) mass is 634 g/mol. The first-order chi connectivity index (χ1) is 22.0. The van der Waals surface area contributed by atoms with Gasteiger partial charge in [-0.05, 0) is 46.5 Å². The van der Waals surface area contributed by atoms with E-state index in [1.54, 1.807) is 60.7 Å². The molecule has 0 radical (unpaired) electrons. The van der Waals surface area contributed by atoms with Crippen LogP contribution >= 0.6 is 0 Å². The largest absolute Gasteiger partial charge is 0.508 e. The molecule has 244 valence electrons. The van der Waals surface area contributed by atoms with Crippen molar-refractivity contribution in [3.63, 3.8) is 0 Å². The van der Waals surface area contributed by atoms with E-state index in [4.69, 9.17) is 26.4 Å². The Morgan fingerprint density at radius 1 is 1.02 bits per heavy atom. The van der Waals surface area contributed by atoms with Crippen molar-refractivity contribution in [1.29, 1.82) is 0 Å². The summed E-state index contributed by atoms with van der Waals surface area (Å²) >= 11 is 0. The summed E-state index contributed by atoms with van der Waals surface area (Å²) in [6.45, 7) is -0.280. The van der Waals surface area contributed by atoms with E-state index in [0.29, 0.717) is 29.9 Å². The Morgan fingerprint density at radius 2 is 1.63 bits per heavy atom. The van der Waals surface area contributed by atoms with Gasteiger partial charge in [-0.3, -0.25) is 4.79 Å². The number of aliphatic carboxylic acids is 1. The number of terminal acetylenes is 1. The van der Waals surface area contributed by atoms with Crippen LogP contribution in [0.5, 0.6) is 11.5 Å². The van der Waals surface area contributed by atoms with Crippen LogP contribution in [0.25, 0.3) is 11.1 Å². The third-order valence-corrected chi connectivity index (χ3v) is 7.62. The highest BCUT2D eigenvalue weighted by Gasteiger charge is 2.54. The summed E-state index contributed by atoms with van der Waals surface area (Å²) in [4.78, 5) is 24.9. The zero-order chi connectivity index (χ0) is 33.3. The van der Waals surface area contributed by atoms with Gasteiger partial charge in [0.05, 0.1) is 37.9 Å². The minimum Gasteiger partial charge on any atom is -0.508 e. The van der Waals surface area contributed by atoms with Crippen molar-refractivity contribution in [2.24, 2.45) is 5.73 Å². The van der Waals surface area contributed by atoms with E-state index >= 15 is 0 Å². The third kappa shape index (κ3) is 8.82. The molecule has 0 aliphatic carbocycles. The fraction of sp³-hybridized carbons (Fsp3) is 0.353. The Morgan fingerprint density at radius 3 is 2.24 bits per heavy atom. The number of hydrogen-bond acceptors (Lipinski definition) is 10. The van der Waals surface area contributed by atoms with E-state index in [2.05, 4.69) is 11.2 Å². The highest BCUT2D eigenvalue weighted by atomic mass is 16.7. The average molecular weight is 635 g/mol. The number of aliphatic hydroxyl groups is 3. The van der Waals surface area contributed by atoms with Crippen LogP contribution in [0.1, 0.15) is 24.0 Å². The average Bonchev–Trinajstić information content (AvgIpc) is 3.05. The minimum atomic E-state index is -2.38. The predicted octanol–water partition coefficient (Wildman–Crippen LogP) is 1.32. The lowest BCUT2D eigenvalue weighted by Crippen LogP contribution is -2.66. The number of phenolic OH excluding ortho intramolecular Hbond substituents is 1. The number of phenols is 1. The summed E-state index contributed by atoms with van der Waals surface area (Å²) in [6.07, 6.45) is -1.28. The molecule has 46 heavy (non-hydrogen) atoms. The van der Waals surface area contributed by atoms with E-state index in [9.17, 15) is 35.1 Å². The van der Waals surface area contributed by atoms with Gasteiger partial charge in [0.1, 0.15) is 23.7 Å². The number of carboxylic acid groups (broad SMARTS) is 1. The smallest absolute Gasteiger partial charge is 0.364 e. The van der Waals surface area contributed by atoms with Crippen LogP contribution in [0.3, 0.4) is 0 Å². The minimum absolute atomic E-state index is 0.00912. The standard InChI is InChI=1S/C34H38N2O10/c1-2-3-16-44-26-14-6-22(7-15-26)20-45-34(33(42)43)18-27(38)30(35)32(46-34)31(41)28(39)19-36-29(40)17-21-4-8-23(9-5-21)24-10-12-25(37)13-11-24/h1,4-15,27-28,30-32,37-39,41H,3,16-20,35H2,(H,36,40)(H,42,43)/t27-,28+,30+,31+,32+,34+/m0/s1. The van der Waals surface area contributed by atoms with Gasteiger partial charge >= 0.3 is 5.97 Å². The fourth-order valence-corrected chi connectivity index (χ4v) is 4.95. The molecule has 12 nitrogen and oxygen atoms in total. The Labute approximate surface area is 266 Å². The summed E-state index contributed by atoms with van der Waals surface area (Å²) in [5, 5.41) is 54.3. The van der Waals surface area contributed by atoms with Crippen molar-refractivity contribution in [3.8, 4) is 35.0 Å². The van der Waals surface area contributed by atoms with Gasteiger partial charge in [-0.15, -0.1) is 12.3 Å². The highest BCUT2D eigenvalue weighted by Crippen LogP contribution is 2.33. The lowest BCUT2D eigenvalue weighted by atomic mass is 9.89. The van der Waals surface area contributed by atoms with Gasteiger partial charge in [0.25, 0.3) is 5.79 Å². The molecule has 1 saturated heterocycles. The summed E-state index contributed by atoms with van der Waals surface area (Å²) in [5.74, 6) is -1.17. The zero-order valence-corrected chi connectivity index (χ0v) is 25.0. The number of aromatic hydroxyl groups is 1. The van der Waals surface area contributed by atoms with Gasteiger partial charge in [0.15, 0.2) is 0 Å². The van der Waals surface area contributed by atoms with Crippen LogP contribution in [-0.2, 0) is 32.1 Å². The van der Waals surface area contributed by atoms with Crippen molar-refractivity contribution in [2.75, 3.05) is 13.2 Å². The van der Waals surface area contributed by atoms with E-state index in [1.165, 1.54) is 0 Å². The van der Waals surface area contributed by atoms with E-state index in [-0.39, 0.29) is 18.8 Å². The molecule has 6 atom stereocenters. The highest BCUT2D eigenvalue weighted by molar-refractivity contribution is 5.79. The Kier molecular flexibility index (Phi) is 11.7. The van der Waals surface area contributed by atoms with Crippen LogP contribution in [0.15, 0.2) is 72.8 Å². The van der Waals surface area contributed by atoms with Crippen LogP contribution in [0.4, 0.5) is 0 Å². The molecule has 0 spiro atoms. The number of ether oxygens (including phenoxy) is 3. The lowest BCUT2D eigenvalue weighted by Gasteiger charge is -2.45. The Hall–Kier alpha value is -4.48. The Balaban J connectivity index is 1.32. The molecule has 1 amide bonds. The van der Waals surface area contributed by atoms with E-state index < -0.39 is 61.1 Å². The lowest BCUT2D eigenvalue weighted by molar-refractivity contribution is -0.312. The van der Waals surface area contributed by atoms with Crippen LogP contribution in [0, 0.1) is 12.3 Å².